The number of nitrogens with zero attached hydrogens (tertiary/aromatic N) is 3. The van der Waals surface area contributed by atoms with Gasteiger partial charge in [-0.1, -0.05) is 12.1 Å². The molecule has 0 bridgehead atoms. The van der Waals surface area contributed by atoms with E-state index in [0.29, 0.717) is 25.0 Å². The van der Waals surface area contributed by atoms with Gasteiger partial charge in [0.2, 0.25) is 0 Å². The van der Waals surface area contributed by atoms with Crippen LogP contribution in [-0.4, -0.2) is 82.2 Å². The van der Waals surface area contributed by atoms with Crippen LogP contribution in [0.5, 0.6) is 5.75 Å². The summed E-state index contributed by atoms with van der Waals surface area (Å²) in [6.45, 7) is 3.21. The lowest BCUT2D eigenvalue weighted by atomic mass is 9.85. The Morgan fingerprint density at radius 3 is 2.48 bits per heavy atom. The summed E-state index contributed by atoms with van der Waals surface area (Å²) in [5.41, 5.74) is 1.31. The lowest BCUT2D eigenvalue weighted by Gasteiger charge is -2.40. The van der Waals surface area contributed by atoms with Crippen LogP contribution < -0.4 is 15.4 Å². The molecule has 0 aliphatic carbocycles. The van der Waals surface area contributed by atoms with Crippen molar-refractivity contribution in [1.82, 2.24) is 20.4 Å². The quantitative estimate of drug-likeness (QED) is 0.507. The molecule has 2 unspecified atom stereocenters. The van der Waals surface area contributed by atoms with Crippen molar-refractivity contribution in [3.8, 4) is 5.75 Å². The Labute approximate surface area is 185 Å². The molecule has 0 amide bonds. The van der Waals surface area contributed by atoms with Gasteiger partial charge in [0.15, 0.2) is 5.96 Å². The normalized spacial score (nSPS) is 24.4. The molecule has 31 heavy (non-hydrogen) atoms. The van der Waals surface area contributed by atoms with Gasteiger partial charge in [-0.15, -0.1) is 0 Å². The van der Waals surface area contributed by atoms with Crippen LogP contribution in [0.2, 0.25) is 0 Å². The Morgan fingerprint density at radius 2 is 1.87 bits per heavy atom. The van der Waals surface area contributed by atoms with Gasteiger partial charge in [-0.2, -0.15) is 0 Å². The molecule has 6 nitrogen and oxygen atoms in total. The van der Waals surface area contributed by atoms with Gasteiger partial charge in [0.05, 0.1) is 13.7 Å². The van der Waals surface area contributed by atoms with E-state index in [1.165, 1.54) is 12.0 Å². The van der Waals surface area contributed by atoms with Crippen molar-refractivity contribution in [2.24, 2.45) is 10.9 Å². The Kier molecular flexibility index (Phi) is 8.90. The molecular weight excluding hydrogens is 400 g/mol. The summed E-state index contributed by atoms with van der Waals surface area (Å²) >= 11 is 0. The molecule has 3 rings (SSSR count). The Hall–Kier alpha value is -1.93. The Morgan fingerprint density at radius 1 is 1.16 bits per heavy atom. The Balaban J connectivity index is 1.53. The van der Waals surface area contributed by atoms with Crippen LogP contribution in [0.25, 0.3) is 0 Å². The van der Waals surface area contributed by atoms with Gasteiger partial charge >= 0.3 is 0 Å². The van der Waals surface area contributed by atoms with Crippen LogP contribution in [0.1, 0.15) is 37.3 Å². The summed E-state index contributed by atoms with van der Waals surface area (Å²) in [6.07, 6.45) is 1.80. The highest BCUT2D eigenvalue weighted by Gasteiger charge is 2.31. The van der Waals surface area contributed by atoms with Gasteiger partial charge in [-0.05, 0) is 62.9 Å². The number of ether oxygens (including phenoxy) is 1. The summed E-state index contributed by atoms with van der Waals surface area (Å²) in [7, 11) is 5.67. The molecule has 0 saturated carbocycles. The fraction of sp³-hybridized carbons (Fsp3) is 0.696. The average Bonchev–Trinajstić information content (AvgIpc) is 2.77. The van der Waals surface area contributed by atoms with Crippen LogP contribution in [-0.2, 0) is 0 Å². The number of nitrogens with one attached hydrogen (secondary N) is 2. The molecule has 0 radical (unpaired) electrons. The highest BCUT2D eigenvalue weighted by molar-refractivity contribution is 5.80. The van der Waals surface area contributed by atoms with Gasteiger partial charge in [0.25, 0.3) is 6.43 Å². The number of hydrogen-bond acceptors (Lipinski definition) is 4. The third-order valence-electron chi connectivity index (χ3n) is 6.54. The van der Waals surface area contributed by atoms with Crippen molar-refractivity contribution in [2.45, 2.75) is 44.2 Å². The lowest BCUT2D eigenvalue weighted by molar-refractivity contribution is 0.0744. The molecular formula is C23H37F2N5O. The van der Waals surface area contributed by atoms with Gasteiger partial charge in [0.1, 0.15) is 5.75 Å². The van der Waals surface area contributed by atoms with Crippen molar-refractivity contribution in [3.63, 3.8) is 0 Å². The molecule has 2 heterocycles. The number of benzene rings is 1. The maximum absolute atomic E-state index is 12.6. The number of guanidine groups is 1. The van der Waals surface area contributed by atoms with Gasteiger partial charge < -0.3 is 15.4 Å². The summed E-state index contributed by atoms with van der Waals surface area (Å²) < 4.78 is 30.5. The summed E-state index contributed by atoms with van der Waals surface area (Å²) in [4.78, 5) is 8.68. The summed E-state index contributed by atoms with van der Waals surface area (Å²) in [5.74, 6) is 2.15. The minimum atomic E-state index is -2.26. The number of methoxy groups -OCH3 is 1. The smallest absolute Gasteiger partial charge is 0.251 e. The fourth-order valence-corrected chi connectivity index (χ4v) is 4.87. The van der Waals surface area contributed by atoms with Crippen molar-refractivity contribution in [2.75, 3.05) is 53.9 Å². The fourth-order valence-electron chi connectivity index (χ4n) is 4.87. The molecule has 2 saturated heterocycles. The molecule has 0 spiro atoms. The highest BCUT2D eigenvalue weighted by atomic mass is 19.3. The standard InChI is InChI=1S/C23H37F2N5O/c1-26-23(28-19-10-13-30(14-11-19)16-21(24)25)27-15-18-5-4-12-29(2)22(18)17-6-8-20(31-3)9-7-17/h6-9,18-19,21-22H,4-5,10-16H2,1-3H3,(H2,26,27,28). The third kappa shape index (κ3) is 6.77. The predicted molar refractivity (Wildman–Crippen MR) is 121 cm³/mol. The monoisotopic (exact) mass is 437 g/mol. The van der Waals surface area contributed by atoms with Crippen molar-refractivity contribution in [1.29, 1.82) is 0 Å². The van der Waals surface area contributed by atoms with E-state index in [4.69, 9.17) is 4.74 Å². The zero-order chi connectivity index (χ0) is 22.2. The minimum Gasteiger partial charge on any atom is -0.497 e. The van der Waals surface area contributed by atoms with Crippen LogP contribution >= 0.6 is 0 Å². The maximum atomic E-state index is 12.6. The summed E-state index contributed by atoms with van der Waals surface area (Å²) in [6, 6.07) is 9.01. The second-order valence-electron chi connectivity index (χ2n) is 8.66. The zero-order valence-corrected chi connectivity index (χ0v) is 19.0. The second kappa shape index (κ2) is 11.6. The molecule has 1 aromatic carbocycles. The lowest BCUT2D eigenvalue weighted by Crippen LogP contribution is -2.51. The Bertz CT molecular complexity index is 692. The first-order chi connectivity index (χ1) is 15.0. The molecule has 2 N–H and O–H groups in total. The average molecular weight is 438 g/mol. The van der Waals surface area contributed by atoms with E-state index < -0.39 is 6.43 Å². The molecule has 2 atom stereocenters. The van der Waals surface area contributed by atoms with E-state index in [1.54, 1.807) is 14.2 Å². The van der Waals surface area contributed by atoms with E-state index in [0.717, 1.165) is 44.1 Å². The SMILES string of the molecule is CN=C(NCC1CCCN(C)C1c1ccc(OC)cc1)NC1CCN(CC(F)F)CC1. The van der Waals surface area contributed by atoms with E-state index in [1.807, 2.05) is 17.0 Å². The van der Waals surface area contributed by atoms with Gasteiger partial charge in [0, 0.05) is 38.8 Å². The summed E-state index contributed by atoms with van der Waals surface area (Å²) in [5, 5.41) is 7.02. The highest BCUT2D eigenvalue weighted by Crippen LogP contribution is 2.35. The van der Waals surface area contributed by atoms with Gasteiger partial charge in [-0.25, -0.2) is 8.78 Å². The predicted octanol–water partition coefficient (Wildman–Crippen LogP) is 2.97. The minimum absolute atomic E-state index is 0.123. The van der Waals surface area contributed by atoms with E-state index in [9.17, 15) is 8.78 Å². The number of rotatable bonds is 7. The number of aliphatic imine (C=N–C) groups is 1. The first-order valence-corrected chi connectivity index (χ1v) is 11.3. The van der Waals surface area contributed by atoms with E-state index in [-0.39, 0.29) is 12.6 Å². The van der Waals surface area contributed by atoms with Crippen molar-refractivity contribution < 1.29 is 13.5 Å². The van der Waals surface area contributed by atoms with Crippen LogP contribution in [0.15, 0.2) is 29.3 Å². The van der Waals surface area contributed by atoms with Crippen LogP contribution in [0.4, 0.5) is 8.78 Å². The van der Waals surface area contributed by atoms with Crippen molar-refractivity contribution >= 4 is 5.96 Å². The molecule has 8 heteroatoms. The molecule has 2 aliphatic heterocycles. The molecule has 0 aromatic heterocycles. The third-order valence-corrected chi connectivity index (χ3v) is 6.54. The molecule has 1 aromatic rings. The largest absolute Gasteiger partial charge is 0.497 e. The number of alkyl halides is 2. The first-order valence-electron chi connectivity index (χ1n) is 11.3. The van der Waals surface area contributed by atoms with Crippen LogP contribution in [0, 0.1) is 5.92 Å². The molecule has 2 aliphatic rings. The number of halogens is 2. The molecule has 2 fully saturated rings. The maximum Gasteiger partial charge on any atom is 0.251 e. The van der Waals surface area contributed by atoms with Crippen molar-refractivity contribution in [3.05, 3.63) is 29.8 Å². The van der Waals surface area contributed by atoms with Gasteiger partial charge in [-0.3, -0.25) is 14.8 Å². The topological polar surface area (TPSA) is 52.1 Å². The second-order valence-corrected chi connectivity index (χ2v) is 8.66. The van der Waals surface area contributed by atoms with Crippen LogP contribution in [0.3, 0.4) is 0 Å². The molecule has 174 valence electrons. The van der Waals surface area contributed by atoms with E-state index >= 15 is 0 Å². The zero-order valence-electron chi connectivity index (χ0n) is 19.0. The number of piperidine rings is 2. The number of likely N-dealkylation sites (tertiary alicyclic amines) is 2. The number of hydrogen-bond donors (Lipinski definition) is 2. The van der Waals surface area contributed by atoms with E-state index in [2.05, 4.69) is 39.7 Å². The first kappa shape index (κ1) is 23.7.